The molecule has 2 aliphatic rings. The molecule has 0 aliphatic heterocycles. The summed E-state index contributed by atoms with van der Waals surface area (Å²) in [4.78, 5) is 0. The van der Waals surface area contributed by atoms with Gasteiger partial charge in [-0.3, -0.25) is 0 Å². The summed E-state index contributed by atoms with van der Waals surface area (Å²) in [6.07, 6.45) is 5.85. The molecule has 2 fully saturated rings. The minimum atomic E-state index is -0.126. The van der Waals surface area contributed by atoms with E-state index < -0.39 is 0 Å². The molecule has 0 aromatic heterocycles. The molecular formula is C11H20O2. The molecule has 0 aromatic carbocycles. The molecule has 2 heteroatoms. The fraction of sp³-hybridized carbons (Fsp3) is 1.00. The van der Waals surface area contributed by atoms with Crippen LogP contribution in [0.5, 0.6) is 0 Å². The summed E-state index contributed by atoms with van der Waals surface area (Å²) in [5.41, 5.74) is 0.109. The van der Waals surface area contributed by atoms with Crippen LogP contribution >= 0.6 is 0 Å². The molecule has 13 heavy (non-hydrogen) atoms. The van der Waals surface area contributed by atoms with Crippen LogP contribution in [0, 0.1) is 11.3 Å². The molecule has 0 aromatic rings. The van der Waals surface area contributed by atoms with Crippen molar-refractivity contribution in [3.63, 3.8) is 0 Å². The topological polar surface area (TPSA) is 40.5 Å². The second-order valence-electron chi connectivity index (χ2n) is 5.08. The van der Waals surface area contributed by atoms with Crippen LogP contribution < -0.4 is 0 Å². The number of aliphatic hydroxyl groups is 2. The van der Waals surface area contributed by atoms with Gasteiger partial charge in [0.25, 0.3) is 0 Å². The largest absolute Gasteiger partial charge is 0.393 e. The van der Waals surface area contributed by atoms with Crippen LogP contribution in [0.25, 0.3) is 0 Å². The standard InChI is InChI=1S/C11H20O2/c1-11-6-5-9(12)7-8(11)3-2-4-10(11)13/h8-10,12-13H,2-7H2,1H3/t8-,9+,10+,11-/m1/s1. The summed E-state index contributed by atoms with van der Waals surface area (Å²) < 4.78 is 0. The summed E-state index contributed by atoms with van der Waals surface area (Å²) in [6.45, 7) is 2.20. The maximum atomic E-state index is 9.97. The van der Waals surface area contributed by atoms with Gasteiger partial charge in [-0.1, -0.05) is 13.3 Å². The van der Waals surface area contributed by atoms with Crippen LogP contribution in [0.4, 0.5) is 0 Å². The Morgan fingerprint density at radius 1 is 1.15 bits per heavy atom. The molecular weight excluding hydrogens is 164 g/mol. The zero-order valence-electron chi connectivity index (χ0n) is 8.37. The first-order chi connectivity index (χ1) is 6.13. The molecule has 0 bridgehead atoms. The van der Waals surface area contributed by atoms with E-state index in [0.29, 0.717) is 5.92 Å². The van der Waals surface area contributed by atoms with Crippen LogP contribution in [0.3, 0.4) is 0 Å². The Kier molecular flexibility index (Phi) is 2.37. The molecule has 2 N–H and O–H groups in total. The highest BCUT2D eigenvalue weighted by molar-refractivity contribution is 4.96. The molecule has 0 saturated heterocycles. The van der Waals surface area contributed by atoms with E-state index in [2.05, 4.69) is 6.92 Å². The lowest BCUT2D eigenvalue weighted by atomic mass is 9.58. The molecule has 0 heterocycles. The molecule has 0 unspecified atom stereocenters. The summed E-state index contributed by atoms with van der Waals surface area (Å²) >= 11 is 0. The lowest BCUT2D eigenvalue weighted by Gasteiger charge is -2.49. The Morgan fingerprint density at radius 2 is 1.92 bits per heavy atom. The molecule has 0 amide bonds. The van der Waals surface area contributed by atoms with Crippen LogP contribution in [0.2, 0.25) is 0 Å². The first-order valence-corrected chi connectivity index (χ1v) is 5.49. The first kappa shape index (κ1) is 9.47. The predicted octanol–water partition coefficient (Wildman–Crippen LogP) is 1.70. The molecule has 4 atom stereocenters. The molecule has 2 saturated carbocycles. The Morgan fingerprint density at radius 3 is 2.69 bits per heavy atom. The van der Waals surface area contributed by atoms with Crippen LogP contribution in [-0.2, 0) is 0 Å². The molecule has 76 valence electrons. The van der Waals surface area contributed by atoms with Crippen LogP contribution in [0.15, 0.2) is 0 Å². The maximum Gasteiger partial charge on any atom is 0.0596 e. The van der Waals surface area contributed by atoms with Crippen molar-refractivity contribution in [3.8, 4) is 0 Å². The average molecular weight is 184 g/mol. The number of aliphatic hydroxyl groups excluding tert-OH is 2. The van der Waals surface area contributed by atoms with Gasteiger partial charge < -0.3 is 10.2 Å². The van der Waals surface area contributed by atoms with E-state index in [-0.39, 0.29) is 17.6 Å². The van der Waals surface area contributed by atoms with Crippen molar-refractivity contribution in [2.45, 2.75) is 57.7 Å². The van der Waals surface area contributed by atoms with E-state index in [9.17, 15) is 10.2 Å². The van der Waals surface area contributed by atoms with E-state index in [1.54, 1.807) is 0 Å². The highest BCUT2D eigenvalue weighted by Gasteiger charge is 2.46. The zero-order valence-corrected chi connectivity index (χ0v) is 8.37. The van der Waals surface area contributed by atoms with E-state index in [1.165, 1.54) is 6.42 Å². The first-order valence-electron chi connectivity index (χ1n) is 5.49. The van der Waals surface area contributed by atoms with Crippen molar-refractivity contribution in [1.82, 2.24) is 0 Å². The third-order valence-corrected chi connectivity index (χ3v) is 4.30. The number of fused-ring (bicyclic) bond motifs is 1. The lowest BCUT2D eigenvalue weighted by molar-refractivity contribution is -0.0912. The molecule has 0 spiro atoms. The second-order valence-corrected chi connectivity index (χ2v) is 5.08. The van der Waals surface area contributed by atoms with Crippen molar-refractivity contribution in [2.75, 3.05) is 0 Å². The van der Waals surface area contributed by atoms with Gasteiger partial charge in [-0.25, -0.2) is 0 Å². The average Bonchev–Trinajstić information content (AvgIpc) is 2.09. The van der Waals surface area contributed by atoms with Crippen LogP contribution in [-0.4, -0.2) is 22.4 Å². The van der Waals surface area contributed by atoms with E-state index in [4.69, 9.17) is 0 Å². The van der Waals surface area contributed by atoms with Gasteiger partial charge in [0.15, 0.2) is 0 Å². The number of hydrogen-bond acceptors (Lipinski definition) is 2. The summed E-state index contributed by atoms with van der Waals surface area (Å²) in [7, 11) is 0. The zero-order chi connectivity index (χ0) is 9.47. The van der Waals surface area contributed by atoms with Gasteiger partial charge in [-0.2, -0.15) is 0 Å². The van der Waals surface area contributed by atoms with E-state index in [1.807, 2.05) is 0 Å². The van der Waals surface area contributed by atoms with Crippen molar-refractivity contribution in [3.05, 3.63) is 0 Å². The minimum absolute atomic E-state index is 0.108. The van der Waals surface area contributed by atoms with Gasteiger partial charge in [-0.15, -0.1) is 0 Å². The SMILES string of the molecule is C[C@@]12CC[C@H](O)C[C@H]1CCC[C@@H]2O. The Labute approximate surface area is 80.0 Å². The summed E-state index contributed by atoms with van der Waals surface area (Å²) in [6, 6.07) is 0. The van der Waals surface area contributed by atoms with Crippen molar-refractivity contribution in [1.29, 1.82) is 0 Å². The lowest BCUT2D eigenvalue weighted by Crippen LogP contribution is -2.47. The van der Waals surface area contributed by atoms with Gasteiger partial charge in [0.1, 0.15) is 0 Å². The predicted molar refractivity (Wildman–Crippen MR) is 51.3 cm³/mol. The monoisotopic (exact) mass is 184 g/mol. The number of rotatable bonds is 0. The summed E-state index contributed by atoms with van der Waals surface area (Å²) in [5, 5.41) is 19.5. The van der Waals surface area contributed by atoms with Gasteiger partial charge >= 0.3 is 0 Å². The Bertz CT molecular complexity index is 193. The fourth-order valence-electron chi connectivity index (χ4n) is 3.17. The van der Waals surface area contributed by atoms with E-state index >= 15 is 0 Å². The molecule has 2 rings (SSSR count). The van der Waals surface area contributed by atoms with Crippen molar-refractivity contribution >= 4 is 0 Å². The van der Waals surface area contributed by atoms with Gasteiger partial charge in [0, 0.05) is 0 Å². The van der Waals surface area contributed by atoms with Gasteiger partial charge in [0.2, 0.25) is 0 Å². The number of hydrogen-bond donors (Lipinski definition) is 2. The minimum Gasteiger partial charge on any atom is -0.393 e. The fourth-order valence-corrected chi connectivity index (χ4v) is 3.17. The third kappa shape index (κ3) is 1.50. The smallest absolute Gasteiger partial charge is 0.0596 e. The second kappa shape index (κ2) is 3.25. The third-order valence-electron chi connectivity index (χ3n) is 4.30. The normalized spacial score (nSPS) is 51.5. The highest BCUT2D eigenvalue weighted by Crippen LogP contribution is 2.50. The highest BCUT2D eigenvalue weighted by atomic mass is 16.3. The van der Waals surface area contributed by atoms with Crippen molar-refractivity contribution < 1.29 is 10.2 Å². The van der Waals surface area contributed by atoms with Gasteiger partial charge in [-0.05, 0) is 43.4 Å². The molecule has 0 radical (unpaired) electrons. The maximum absolute atomic E-state index is 9.97. The summed E-state index contributed by atoms with van der Waals surface area (Å²) in [5.74, 6) is 0.556. The quantitative estimate of drug-likeness (QED) is 0.601. The Balaban J connectivity index is 2.13. The Hall–Kier alpha value is -0.0800. The van der Waals surface area contributed by atoms with Crippen LogP contribution in [0.1, 0.15) is 45.4 Å². The molecule has 2 nitrogen and oxygen atoms in total. The van der Waals surface area contributed by atoms with E-state index in [0.717, 1.165) is 32.1 Å². The molecule has 2 aliphatic carbocycles. The van der Waals surface area contributed by atoms with Gasteiger partial charge in [0.05, 0.1) is 12.2 Å². The van der Waals surface area contributed by atoms with Crippen molar-refractivity contribution in [2.24, 2.45) is 11.3 Å².